The molecule has 0 aliphatic carbocycles. The average Bonchev–Trinajstić information content (AvgIpc) is 3.43. The monoisotopic (exact) mass is 447 g/mol. The summed E-state index contributed by atoms with van der Waals surface area (Å²) < 4.78 is 7.06. The predicted molar refractivity (Wildman–Crippen MR) is 131 cm³/mol. The Balaban J connectivity index is 1.51. The minimum absolute atomic E-state index is 0.00178. The lowest BCUT2D eigenvalue weighted by Crippen LogP contribution is -2.42. The first-order valence-corrected chi connectivity index (χ1v) is 11.5. The van der Waals surface area contributed by atoms with E-state index in [0.29, 0.717) is 12.4 Å². The third-order valence-corrected chi connectivity index (χ3v) is 6.11. The van der Waals surface area contributed by atoms with E-state index in [1.807, 2.05) is 42.5 Å². The zero-order valence-electron chi connectivity index (χ0n) is 19.6. The number of urea groups is 1. The fourth-order valence-electron chi connectivity index (χ4n) is 4.33. The second kappa shape index (κ2) is 10.6. The molecule has 2 aromatic carbocycles. The molecule has 2 heterocycles. The highest BCUT2D eigenvalue weighted by atomic mass is 16.5. The van der Waals surface area contributed by atoms with Gasteiger partial charge in [0.2, 0.25) is 0 Å². The maximum Gasteiger partial charge on any atom is 0.320 e. The number of amides is 2. The Morgan fingerprint density at radius 3 is 2.45 bits per heavy atom. The van der Waals surface area contributed by atoms with Crippen LogP contribution in [0.5, 0.6) is 0 Å². The van der Waals surface area contributed by atoms with Crippen LogP contribution in [0.1, 0.15) is 36.9 Å². The molecule has 7 heteroatoms. The standard InChI is InChI=1S/C26H33N5O2/c1-19(2)23-16-25(31(29-23)21-12-8-5-9-13-21)28-26(32)27-24-18-30(14-15-33-3)17-22(24)20-10-6-4-7-11-20/h4-13,16,19,22,24H,14-15,17-18H2,1-3H3,(H2,27,28,32)/t22-,24+/m0/s1. The lowest BCUT2D eigenvalue weighted by molar-refractivity contribution is 0.159. The molecule has 2 amide bonds. The summed E-state index contributed by atoms with van der Waals surface area (Å²) in [6.07, 6.45) is 0. The topological polar surface area (TPSA) is 71.4 Å². The molecule has 33 heavy (non-hydrogen) atoms. The van der Waals surface area contributed by atoms with Crippen molar-refractivity contribution in [3.8, 4) is 5.69 Å². The zero-order chi connectivity index (χ0) is 23.2. The molecule has 7 nitrogen and oxygen atoms in total. The second-order valence-electron chi connectivity index (χ2n) is 8.83. The van der Waals surface area contributed by atoms with Gasteiger partial charge in [-0.3, -0.25) is 10.2 Å². The molecule has 4 rings (SSSR count). The predicted octanol–water partition coefficient (Wildman–Crippen LogP) is 4.23. The van der Waals surface area contributed by atoms with E-state index in [0.717, 1.165) is 31.0 Å². The van der Waals surface area contributed by atoms with Gasteiger partial charge in [-0.05, 0) is 23.6 Å². The van der Waals surface area contributed by atoms with Crippen LogP contribution in [0.25, 0.3) is 5.69 Å². The molecule has 2 atom stereocenters. The van der Waals surface area contributed by atoms with Crippen molar-refractivity contribution in [1.82, 2.24) is 20.0 Å². The van der Waals surface area contributed by atoms with E-state index in [1.165, 1.54) is 5.56 Å². The molecule has 0 radical (unpaired) electrons. The lowest BCUT2D eigenvalue weighted by atomic mass is 9.94. The Kier molecular flexibility index (Phi) is 7.42. The van der Waals surface area contributed by atoms with Gasteiger partial charge in [-0.15, -0.1) is 0 Å². The highest BCUT2D eigenvalue weighted by molar-refractivity contribution is 5.89. The number of likely N-dealkylation sites (tertiary alicyclic amines) is 1. The number of methoxy groups -OCH3 is 1. The van der Waals surface area contributed by atoms with Crippen LogP contribution in [0.2, 0.25) is 0 Å². The fraction of sp³-hybridized carbons (Fsp3) is 0.385. The molecule has 0 spiro atoms. The number of benzene rings is 2. The summed E-state index contributed by atoms with van der Waals surface area (Å²) in [5.41, 5.74) is 3.08. The third kappa shape index (κ3) is 5.61. The minimum atomic E-state index is -0.220. The number of carbonyl (C=O) groups is 1. The molecule has 0 saturated carbocycles. The number of carbonyl (C=O) groups excluding carboxylic acids is 1. The van der Waals surface area contributed by atoms with Gasteiger partial charge in [-0.25, -0.2) is 9.48 Å². The van der Waals surface area contributed by atoms with Crippen LogP contribution in [0.15, 0.2) is 66.7 Å². The van der Waals surface area contributed by atoms with Gasteiger partial charge in [0.25, 0.3) is 0 Å². The van der Waals surface area contributed by atoms with Crippen LogP contribution >= 0.6 is 0 Å². The van der Waals surface area contributed by atoms with Crippen molar-refractivity contribution in [2.45, 2.75) is 31.7 Å². The highest BCUT2D eigenvalue weighted by Crippen LogP contribution is 2.28. The summed E-state index contributed by atoms with van der Waals surface area (Å²) in [4.78, 5) is 15.5. The maximum atomic E-state index is 13.1. The van der Waals surface area contributed by atoms with Crippen LogP contribution in [0.4, 0.5) is 10.6 Å². The van der Waals surface area contributed by atoms with E-state index >= 15 is 0 Å². The maximum absolute atomic E-state index is 13.1. The van der Waals surface area contributed by atoms with E-state index < -0.39 is 0 Å². The van der Waals surface area contributed by atoms with Gasteiger partial charge < -0.3 is 10.1 Å². The van der Waals surface area contributed by atoms with Gasteiger partial charge in [0.05, 0.1) is 24.0 Å². The summed E-state index contributed by atoms with van der Waals surface area (Å²) in [7, 11) is 1.72. The van der Waals surface area contributed by atoms with Crippen molar-refractivity contribution in [3.63, 3.8) is 0 Å². The van der Waals surface area contributed by atoms with Crippen molar-refractivity contribution in [3.05, 3.63) is 78.0 Å². The van der Waals surface area contributed by atoms with E-state index in [4.69, 9.17) is 9.84 Å². The van der Waals surface area contributed by atoms with Gasteiger partial charge >= 0.3 is 6.03 Å². The highest BCUT2D eigenvalue weighted by Gasteiger charge is 2.34. The minimum Gasteiger partial charge on any atom is -0.383 e. The molecule has 0 bridgehead atoms. The molecular formula is C26H33N5O2. The first-order valence-electron chi connectivity index (χ1n) is 11.5. The number of para-hydroxylation sites is 1. The summed E-state index contributed by atoms with van der Waals surface area (Å²) in [6, 6.07) is 22.0. The van der Waals surface area contributed by atoms with Crippen molar-refractivity contribution in [1.29, 1.82) is 0 Å². The van der Waals surface area contributed by atoms with Crippen LogP contribution in [0.3, 0.4) is 0 Å². The van der Waals surface area contributed by atoms with E-state index in [-0.39, 0.29) is 23.9 Å². The fourth-order valence-corrected chi connectivity index (χ4v) is 4.33. The van der Waals surface area contributed by atoms with Crippen molar-refractivity contribution in [2.75, 3.05) is 38.7 Å². The van der Waals surface area contributed by atoms with Crippen LogP contribution < -0.4 is 10.6 Å². The number of aromatic nitrogens is 2. The molecule has 2 N–H and O–H groups in total. The molecule has 1 aliphatic heterocycles. The molecule has 3 aromatic rings. The summed E-state index contributed by atoms with van der Waals surface area (Å²) in [5.74, 6) is 1.14. The molecule has 1 saturated heterocycles. The Bertz CT molecular complexity index is 1040. The number of ether oxygens (including phenoxy) is 1. The number of nitrogens with one attached hydrogen (secondary N) is 2. The molecule has 0 unspecified atom stereocenters. The van der Waals surface area contributed by atoms with E-state index in [1.54, 1.807) is 11.8 Å². The molecular weight excluding hydrogens is 414 g/mol. The first-order chi connectivity index (χ1) is 16.0. The Hall–Kier alpha value is -3.16. The Labute approximate surface area is 195 Å². The first kappa shape index (κ1) is 23.0. The summed E-state index contributed by atoms with van der Waals surface area (Å²) in [5, 5.41) is 11.0. The van der Waals surface area contributed by atoms with Crippen LogP contribution in [-0.4, -0.2) is 60.1 Å². The SMILES string of the molecule is COCCN1C[C@@H](NC(=O)Nc2cc(C(C)C)nn2-c2ccccc2)[C@H](c2ccccc2)C1. The molecule has 1 aromatic heterocycles. The van der Waals surface area contributed by atoms with E-state index in [2.05, 4.69) is 53.6 Å². The normalized spacial score (nSPS) is 18.5. The largest absolute Gasteiger partial charge is 0.383 e. The van der Waals surface area contributed by atoms with Gasteiger partial charge in [0.1, 0.15) is 5.82 Å². The zero-order valence-corrected chi connectivity index (χ0v) is 19.6. The second-order valence-corrected chi connectivity index (χ2v) is 8.83. The van der Waals surface area contributed by atoms with Gasteiger partial charge in [0.15, 0.2) is 0 Å². The summed E-state index contributed by atoms with van der Waals surface area (Å²) >= 11 is 0. The molecule has 1 aliphatic rings. The molecule has 1 fully saturated rings. The number of rotatable bonds is 8. The number of nitrogens with zero attached hydrogens (tertiary/aromatic N) is 3. The van der Waals surface area contributed by atoms with Gasteiger partial charge in [0, 0.05) is 38.7 Å². The van der Waals surface area contributed by atoms with Gasteiger partial charge in [-0.1, -0.05) is 62.4 Å². The smallest absolute Gasteiger partial charge is 0.320 e. The third-order valence-electron chi connectivity index (χ3n) is 6.11. The number of hydrogen-bond donors (Lipinski definition) is 2. The van der Waals surface area contributed by atoms with E-state index in [9.17, 15) is 4.79 Å². The summed E-state index contributed by atoms with van der Waals surface area (Å²) in [6.45, 7) is 7.38. The van der Waals surface area contributed by atoms with Gasteiger partial charge in [-0.2, -0.15) is 5.10 Å². The Morgan fingerprint density at radius 1 is 1.09 bits per heavy atom. The molecule has 174 valence electrons. The Morgan fingerprint density at radius 2 is 1.79 bits per heavy atom. The number of anilines is 1. The lowest BCUT2D eigenvalue weighted by Gasteiger charge is -2.20. The van der Waals surface area contributed by atoms with Crippen molar-refractivity contribution in [2.24, 2.45) is 0 Å². The quantitative estimate of drug-likeness (QED) is 0.542. The number of hydrogen-bond acceptors (Lipinski definition) is 4. The average molecular weight is 448 g/mol. The van der Waals surface area contributed by atoms with Crippen LogP contribution in [-0.2, 0) is 4.74 Å². The van der Waals surface area contributed by atoms with Crippen LogP contribution in [0, 0.1) is 0 Å². The van der Waals surface area contributed by atoms with Crippen molar-refractivity contribution < 1.29 is 9.53 Å². The van der Waals surface area contributed by atoms with Crippen molar-refractivity contribution >= 4 is 11.8 Å².